The quantitative estimate of drug-likeness (QED) is 0.897. The van der Waals surface area contributed by atoms with Crippen molar-refractivity contribution in [1.29, 1.82) is 0 Å². The number of anilines is 2. The monoisotopic (exact) mass is 319 g/mol. The van der Waals surface area contributed by atoms with Crippen molar-refractivity contribution in [2.24, 2.45) is 0 Å². The molecule has 126 valence electrons. The molecule has 0 spiro atoms. The SMILES string of the molecule is CN(C)C(=O)C1CCCN1c1nccc(NC2CCCOC2)n1. The Labute approximate surface area is 137 Å². The number of carbonyl (C=O) groups is 1. The highest BCUT2D eigenvalue weighted by Crippen LogP contribution is 2.24. The first-order chi connectivity index (χ1) is 11.1. The van der Waals surface area contributed by atoms with E-state index >= 15 is 0 Å². The van der Waals surface area contributed by atoms with E-state index in [2.05, 4.69) is 15.3 Å². The number of amides is 1. The van der Waals surface area contributed by atoms with E-state index in [4.69, 9.17) is 4.74 Å². The van der Waals surface area contributed by atoms with Gasteiger partial charge in [-0.05, 0) is 31.7 Å². The Morgan fingerprint density at radius 2 is 2.26 bits per heavy atom. The van der Waals surface area contributed by atoms with Crippen LogP contribution in [0.1, 0.15) is 25.7 Å². The fraction of sp³-hybridized carbons (Fsp3) is 0.688. The number of hydrogen-bond acceptors (Lipinski definition) is 6. The Kier molecular flexibility index (Phi) is 4.95. The Morgan fingerprint density at radius 3 is 3.00 bits per heavy atom. The second-order valence-electron chi connectivity index (χ2n) is 6.38. The third-order valence-corrected chi connectivity index (χ3v) is 4.39. The van der Waals surface area contributed by atoms with E-state index in [1.165, 1.54) is 0 Å². The van der Waals surface area contributed by atoms with Crippen LogP contribution in [-0.2, 0) is 9.53 Å². The highest BCUT2D eigenvalue weighted by atomic mass is 16.5. The van der Waals surface area contributed by atoms with Gasteiger partial charge in [-0.2, -0.15) is 4.98 Å². The summed E-state index contributed by atoms with van der Waals surface area (Å²) >= 11 is 0. The van der Waals surface area contributed by atoms with Crippen molar-refractivity contribution in [2.45, 2.75) is 37.8 Å². The first-order valence-corrected chi connectivity index (χ1v) is 8.30. The van der Waals surface area contributed by atoms with Gasteiger partial charge in [0.15, 0.2) is 0 Å². The average molecular weight is 319 g/mol. The minimum Gasteiger partial charge on any atom is -0.379 e. The summed E-state index contributed by atoms with van der Waals surface area (Å²) < 4.78 is 5.49. The van der Waals surface area contributed by atoms with Crippen LogP contribution >= 0.6 is 0 Å². The summed E-state index contributed by atoms with van der Waals surface area (Å²) in [5.41, 5.74) is 0. The molecule has 1 aromatic heterocycles. The molecule has 2 aliphatic heterocycles. The number of likely N-dealkylation sites (N-methyl/N-ethyl adjacent to an activating group) is 1. The predicted octanol–water partition coefficient (Wildman–Crippen LogP) is 1.12. The summed E-state index contributed by atoms with van der Waals surface area (Å²) in [6.07, 6.45) is 5.76. The first-order valence-electron chi connectivity index (χ1n) is 8.30. The van der Waals surface area contributed by atoms with E-state index in [1.54, 1.807) is 25.2 Å². The maximum atomic E-state index is 12.3. The van der Waals surface area contributed by atoms with E-state index in [1.807, 2.05) is 11.0 Å². The van der Waals surface area contributed by atoms with Crippen molar-refractivity contribution in [1.82, 2.24) is 14.9 Å². The van der Waals surface area contributed by atoms with Crippen LogP contribution in [0.3, 0.4) is 0 Å². The molecule has 2 saturated heterocycles. The molecule has 0 aliphatic carbocycles. The molecule has 2 atom stereocenters. The number of hydrogen-bond donors (Lipinski definition) is 1. The van der Waals surface area contributed by atoms with Crippen molar-refractivity contribution < 1.29 is 9.53 Å². The lowest BCUT2D eigenvalue weighted by Gasteiger charge is -2.27. The van der Waals surface area contributed by atoms with Crippen molar-refractivity contribution in [3.63, 3.8) is 0 Å². The minimum atomic E-state index is -0.154. The fourth-order valence-electron chi connectivity index (χ4n) is 3.19. The van der Waals surface area contributed by atoms with Crippen LogP contribution in [0.25, 0.3) is 0 Å². The number of aromatic nitrogens is 2. The number of rotatable bonds is 4. The van der Waals surface area contributed by atoms with Gasteiger partial charge in [-0.25, -0.2) is 4.98 Å². The molecule has 0 saturated carbocycles. The molecule has 0 radical (unpaired) electrons. The summed E-state index contributed by atoms with van der Waals surface area (Å²) in [6, 6.07) is 2.01. The molecule has 1 N–H and O–H groups in total. The minimum absolute atomic E-state index is 0.116. The molecule has 7 heteroatoms. The maximum Gasteiger partial charge on any atom is 0.244 e. The van der Waals surface area contributed by atoms with Gasteiger partial charge < -0.3 is 19.9 Å². The Morgan fingerprint density at radius 1 is 1.39 bits per heavy atom. The molecule has 23 heavy (non-hydrogen) atoms. The summed E-state index contributed by atoms with van der Waals surface area (Å²) in [7, 11) is 3.58. The van der Waals surface area contributed by atoms with Gasteiger partial charge in [-0.15, -0.1) is 0 Å². The zero-order valence-electron chi connectivity index (χ0n) is 13.9. The molecular weight excluding hydrogens is 294 g/mol. The molecular formula is C16H25N5O2. The van der Waals surface area contributed by atoms with Crippen molar-refractivity contribution in [3.8, 4) is 0 Å². The van der Waals surface area contributed by atoms with Gasteiger partial charge in [0.2, 0.25) is 11.9 Å². The standard InChI is InChI=1S/C16H25N5O2/c1-20(2)15(22)13-6-3-9-21(13)16-17-8-7-14(19-16)18-12-5-4-10-23-11-12/h7-8,12-13H,3-6,9-11H2,1-2H3,(H,17,18,19). The predicted molar refractivity (Wildman–Crippen MR) is 88.6 cm³/mol. The van der Waals surface area contributed by atoms with Gasteiger partial charge in [0, 0.05) is 33.4 Å². The van der Waals surface area contributed by atoms with E-state index < -0.39 is 0 Å². The molecule has 1 aromatic rings. The second-order valence-corrected chi connectivity index (χ2v) is 6.38. The smallest absolute Gasteiger partial charge is 0.244 e. The normalized spacial score (nSPS) is 24.5. The van der Waals surface area contributed by atoms with Crippen LogP contribution in [-0.4, -0.2) is 66.7 Å². The molecule has 0 bridgehead atoms. The van der Waals surface area contributed by atoms with Gasteiger partial charge in [0.25, 0.3) is 0 Å². The van der Waals surface area contributed by atoms with Crippen LogP contribution in [0, 0.1) is 0 Å². The van der Waals surface area contributed by atoms with Crippen LogP contribution in [0.5, 0.6) is 0 Å². The second kappa shape index (κ2) is 7.12. The van der Waals surface area contributed by atoms with Crippen LogP contribution in [0.2, 0.25) is 0 Å². The lowest BCUT2D eigenvalue weighted by molar-refractivity contribution is -0.129. The Hall–Kier alpha value is -1.89. The summed E-state index contributed by atoms with van der Waals surface area (Å²) in [5.74, 6) is 1.54. The maximum absolute atomic E-state index is 12.3. The fourth-order valence-corrected chi connectivity index (χ4v) is 3.19. The number of nitrogens with zero attached hydrogens (tertiary/aromatic N) is 4. The molecule has 7 nitrogen and oxygen atoms in total. The summed E-state index contributed by atoms with van der Waals surface area (Å²) in [4.78, 5) is 25.0. The van der Waals surface area contributed by atoms with Crippen LogP contribution in [0.15, 0.2) is 12.3 Å². The zero-order chi connectivity index (χ0) is 16.2. The van der Waals surface area contributed by atoms with Crippen LogP contribution < -0.4 is 10.2 Å². The molecule has 2 fully saturated rings. The van der Waals surface area contributed by atoms with E-state index in [0.29, 0.717) is 18.6 Å². The Bertz CT molecular complexity index is 545. The first kappa shape index (κ1) is 16.0. The van der Waals surface area contributed by atoms with Crippen LogP contribution in [0.4, 0.5) is 11.8 Å². The molecule has 2 unspecified atom stereocenters. The number of carbonyl (C=O) groups excluding carboxylic acids is 1. The van der Waals surface area contributed by atoms with Crippen molar-refractivity contribution in [2.75, 3.05) is 44.1 Å². The third kappa shape index (κ3) is 3.72. The van der Waals surface area contributed by atoms with E-state index in [9.17, 15) is 4.79 Å². The van der Waals surface area contributed by atoms with Gasteiger partial charge in [-0.1, -0.05) is 0 Å². The van der Waals surface area contributed by atoms with Gasteiger partial charge >= 0.3 is 0 Å². The summed E-state index contributed by atoms with van der Waals surface area (Å²) in [6.45, 7) is 2.38. The molecule has 3 heterocycles. The molecule has 3 rings (SSSR count). The van der Waals surface area contributed by atoms with E-state index in [-0.39, 0.29) is 11.9 Å². The topological polar surface area (TPSA) is 70.6 Å². The van der Waals surface area contributed by atoms with Gasteiger partial charge in [0.05, 0.1) is 12.6 Å². The lowest BCUT2D eigenvalue weighted by atomic mass is 10.1. The number of ether oxygens (including phenoxy) is 1. The lowest BCUT2D eigenvalue weighted by Crippen LogP contribution is -2.43. The average Bonchev–Trinajstić information content (AvgIpc) is 3.05. The largest absolute Gasteiger partial charge is 0.379 e. The van der Waals surface area contributed by atoms with E-state index in [0.717, 1.165) is 44.7 Å². The highest BCUT2D eigenvalue weighted by molar-refractivity contribution is 5.85. The van der Waals surface area contributed by atoms with Gasteiger partial charge in [-0.3, -0.25) is 4.79 Å². The van der Waals surface area contributed by atoms with Crippen molar-refractivity contribution >= 4 is 17.7 Å². The third-order valence-electron chi connectivity index (χ3n) is 4.39. The number of nitrogens with one attached hydrogen (secondary N) is 1. The Balaban J connectivity index is 1.72. The molecule has 1 amide bonds. The highest BCUT2D eigenvalue weighted by Gasteiger charge is 2.33. The van der Waals surface area contributed by atoms with Crippen molar-refractivity contribution in [3.05, 3.63) is 12.3 Å². The van der Waals surface area contributed by atoms with Gasteiger partial charge in [0.1, 0.15) is 11.9 Å². The molecule has 2 aliphatic rings. The summed E-state index contributed by atoms with van der Waals surface area (Å²) in [5, 5.41) is 3.41. The zero-order valence-corrected chi connectivity index (χ0v) is 13.9. The molecule has 0 aromatic carbocycles.